The van der Waals surface area contributed by atoms with Crippen LogP contribution in [0.5, 0.6) is 0 Å². The third kappa shape index (κ3) is 3.10. The van der Waals surface area contributed by atoms with Crippen molar-refractivity contribution in [2.24, 2.45) is 0 Å². The maximum absolute atomic E-state index is 12.4. The van der Waals surface area contributed by atoms with Gasteiger partial charge >= 0.3 is 0 Å². The Hall–Kier alpha value is -1.62. The molecule has 0 spiro atoms. The van der Waals surface area contributed by atoms with Crippen LogP contribution in [0.25, 0.3) is 0 Å². The van der Waals surface area contributed by atoms with E-state index in [1.165, 1.54) is 13.0 Å². The summed E-state index contributed by atoms with van der Waals surface area (Å²) in [5.74, 6) is 2.25. The van der Waals surface area contributed by atoms with Crippen molar-refractivity contribution in [1.82, 2.24) is 4.31 Å². The second-order valence-electron chi connectivity index (χ2n) is 3.96. The Kier molecular flexibility index (Phi) is 5.11. The van der Waals surface area contributed by atoms with E-state index in [4.69, 9.17) is 18.0 Å². The molecule has 6 nitrogen and oxygen atoms in total. The molecule has 1 rings (SSSR count). The van der Waals surface area contributed by atoms with Crippen LogP contribution in [0.4, 0.5) is 5.69 Å². The van der Waals surface area contributed by atoms with Crippen molar-refractivity contribution in [2.75, 3.05) is 13.1 Å². The van der Waals surface area contributed by atoms with Crippen molar-refractivity contribution < 1.29 is 13.3 Å². The van der Waals surface area contributed by atoms with Crippen LogP contribution in [-0.2, 0) is 10.0 Å². The van der Waals surface area contributed by atoms with E-state index in [0.717, 1.165) is 10.4 Å². The number of rotatable bonds is 5. The largest absolute Gasteiger partial charge is 0.289 e. The number of halogens is 1. The summed E-state index contributed by atoms with van der Waals surface area (Å²) < 4.78 is 25.9. The van der Waals surface area contributed by atoms with Gasteiger partial charge in [0.2, 0.25) is 10.0 Å². The average Bonchev–Trinajstić information content (AvgIpc) is 2.34. The number of hydrogen-bond donors (Lipinski definition) is 0. The van der Waals surface area contributed by atoms with Crippen molar-refractivity contribution in [2.45, 2.75) is 18.7 Å². The summed E-state index contributed by atoms with van der Waals surface area (Å²) in [5, 5.41) is 10.8. The van der Waals surface area contributed by atoms with Gasteiger partial charge in [-0.3, -0.25) is 10.1 Å². The number of terminal acetylenes is 1. The highest BCUT2D eigenvalue weighted by Crippen LogP contribution is 2.31. The van der Waals surface area contributed by atoms with Crippen LogP contribution >= 0.6 is 11.6 Å². The number of sulfonamides is 1. The lowest BCUT2D eigenvalue weighted by Crippen LogP contribution is -2.31. The zero-order valence-electron chi connectivity index (χ0n) is 11.0. The molecular formula is C12H13ClN2O4S. The minimum atomic E-state index is -3.89. The minimum Gasteiger partial charge on any atom is -0.258 e. The number of benzene rings is 1. The van der Waals surface area contributed by atoms with Crippen LogP contribution in [-0.4, -0.2) is 30.7 Å². The molecule has 0 unspecified atom stereocenters. The standard InChI is InChI=1S/C12H13ClN2O4S/c1-4-6-14(5-2)20(18,19)12-8-11(15(16)17)10(13)7-9(12)3/h1,7-8H,5-6H2,2-3H3. The molecule has 8 heteroatoms. The van der Waals surface area contributed by atoms with Gasteiger partial charge < -0.3 is 0 Å². The van der Waals surface area contributed by atoms with E-state index in [2.05, 4.69) is 5.92 Å². The lowest BCUT2D eigenvalue weighted by Gasteiger charge is -2.19. The highest BCUT2D eigenvalue weighted by atomic mass is 35.5. The summed E-state index contributed by atoms with van der Waals surface area (Å²) >= 11 is 5.74. The van der Waals surface area contributed by atoms with Gasteiger partial charge in [-0.15, -0.1) is 6.42 Å². The number of nitro benzene ring substituents is 1. The summed E-state index contributed by atoms with van der Waals surface area (Å²) in [4.78, 5) is 9.97. The van der Waals surface area contributed by atoms with Gasteiger partial charge in [-0.05, 0) is 18.6 Å². The Morgan fingerprint density at radius 1 is 1.50 bits per heavy atom. The molecule has 0 atom stereocenters. The van der Waals surface area contributed by atoms with Gasteiger partial charge in [0.1, 0.15) is 5.02 Å². The number of nitro groups is 1. The first-order valence-electron chi connectivity index (χ1n) is 5.63. The molecule has 0 amide bonds. The van der Waals surface area contributed by atoms with Gasteiger partial charge in [-0.2, -0.15) is 4.31 Å². The maximum atomic E-state index is 12.4. The van der Waals surface area contributed by atoms with Crippen molar-refractivity contribution in [3.63, 3.8) is 0 Å². The molecular weight excluding hydrogens is 304 g/mol. The third-order valence-electron chi connectivity index (χ3n) is 2.68. The van der Waals surface area contributed by atoms with Crippen LogP contribution in [0.1, 0.15) is 12.5 Å². The molecule has 0 bridgehead atoms. The highest BCUT2D eigenvalue weighted by Gasteiger charge is 2.27. The molecule has 0 aliphatic carbocycles. The van der Waals surface area contributed by atoms with E-state index in [0.29, 0.717) is 5.56 Å². The molecule has 0 aliphatic rings. The first-order valence-corrected chi connectivity index (χ1v) is 7.45. The SMILES string of the molecule is C#CCN(CC)S(=O)(=O)c1cc([N+](=O)[O-])c(Cl)cc1C. The number of aryl methyl sites for hydroxylation is 1. The molecule has 1 aromatic rings. The predicted molar refractivity (Wildman–Crippen MR) is 76.1 cm³/mol. The number of hydrogen-bond acceptors (Lipinski definition) is 4. The molecule has 20 heavy (non-hydrogen) atoms. The van der Waals surface area contributed by atoms with E-state index >= 15 is 0 Å². The Morgan fingerprint density at radius 2 is 2.10 bits per heavy atom. The zero-order valence-corrected chi connectivity index (χ0v) is 12.5. The van der Waals surface area contributed by atoms with Crippen molar-refractivity contribution in [3.8, 4) is 12.3 Å². The van der Waals surface area contributed by atoms with Gasteiger partial charge in [0, 0.05) is 12.6 Å². The van der Waals surface area contributed by atoms with Gasteiger partial charge in [0.25, 0.3) is 5.69 Å². The molecule has 0 N–H and O–H groups in total. The van der Waals surface area contributed by atoms with Crippen LogP contribution < -0.4 is 0 Å². The lowest BCUT2D eigenvalue weighted by molar-refractivity contribution is -0.384. The summed E-state index contributed by atoms with van der Waals surface area (Å²) in [6.07, 6.45) is 5.13. The van der Waals surface area contributed by atoms with Gasteiger partial charge in [0.15, 0.2) is 0 Å². The van der Waals surface area contributed by atoms with E-state index in [9.17, 15) is 18.5 Å². The number of nitrogens with zero attached hydrogens (tertiary/aromatic N) is 2. The Morgan fingerprint density at radius 3 is 2.55 bits per heavy atom. The maximum Gasteiger partial charge on any atom is 0.289 e. The van der Waals surface area contributed by atoms with E-state index in [1.54, 1.807) is 6.92 Å². The first-order chi connectivity index (χ1) is 9.25. The van der Waals surface area contributed by atoms with Crippen LogP contribution in [0.15, 0.2) is 17.0 Å². The molecule has 108 valence electrons. The third-order valence-corrected chi connectivity index (χ3v) is 5.04. The first kappa shape index (κ1) is 16.4. The van der Waals surface area contributed by atoms with Gasteiger partial charge in [-0.25, -0.2) is 8.42 Å². The fourth-order valence-corrected chi connectivity index (χ4v) is 3.54. The van der Waals surface area contributed by atoms with Gasteiger partial charge in [0.05, 0.1) is 16.4 Å². The molecule has 0 aromatic heterocycles. The summed E-state index contributed by atoms with van der Waals surface area (Å²) in [6.45, 7) is 3.22. The second-order valence-corrected chi connectivity index (χ2v) is 6.28. The van der Waals surface area contributed by atoms with Crippen LogP contribution in [0, 0.1) is 29.4 Å². The average molecular weight is 317 g/mol. The molecule has 0 fully saturated rings. The van der Waals surface area contributed by atoms with E-state index in [1.807, 2.05) is 0 Å². The molecule has 0 aliphatic heterocycles. The van der Waals surface area contributed by atoms with Crippen molar-refractivity contribution >= 4 is 27.3 Å². The van der Waals surface area contributed by atoms with Crippen molar-refractivity contribution in [1.29, 1.82) is 0 Å². The molecule has 0 saturated heterocycles. The summed E-state index contributed by atoms with van der Waals surface area (Å²) in [5.41, 5.74) is -0.122. The Bertz CT molecular complexity index is 679. The Balaban J connectivity index is 3.50. The molecule has 0 heterocycles. The molecule has 1 aromatic carbocycles. The molecule has 0 radical (unpaired) electrons. The highest BCUT2D eigenvalue weighted by molar-refractivity contribution is 7.89. The lowest BCUT2D eigenvalue weighted by atomic mass is 10.2. The smallest absolute Gasteiger partial charge is 0.258 e. The molecule has 0 saturated carbocycles. The van der Waals surface area contributed by atoms with Crippen LogP contribution in [0.3, 0.4) is 0 Å². The fraction of sp³-hybridized carbons (Fsp3) is 0.333. The summed E-state index contributed by atoms with van der Waals surface area (Å²) in [7, 11) is -3.89. The second kappa shape index (κ2) is 6.22. The quantitative estimate of drug-likeness (QED) is 0.474. The predicted octanol–water partition coefficient (Wildman–Crippen LogP) is 2.20. The van der Waals surface area contributed by atoms with Crippen LogP contribution in [0.2, 0.25) is 5.02 Å². The van der Waals surface area contributed by atoms with E-state index < -0.39 is 20.6 Å². The topological polar surface area (TPSA) is 80.5 Å². The zero-order chi connectivity index (χ0) is 15.5. The summed E-state index contributed by atoms with van der Waals surface area (Å²) in [6, 6.07) is 2.22. The fourth-order valence-electron chi connectivity index (χ4n) is 1.67. The van der Waals surface area contributed by atoms with Crippen molar-refractivity contribution in [3.05, 3.63) is 32.8 Å². The minimum absolute atomic E-state index is 0.102. The monoisotopic (exact) mass is 316 g/mol. The van der Waals surface area contributed by atoms with Gasteiger partial charge in [-0.1, -0.05) is 24.4 Å². The van der Waals surface area contributed by atoms with E-state index in [-0.39, 0.29) is 23.0 Å². The normalized spacial score (nSPS) is 11.3. The Labute approximate surface area is 122 Å².